The van der Waals surface area contributed by atoms with Gasteiger partial charge in [0.25, 0.3) is 5.91 Å². The van der Waals surface area contributed by atoms with Gasteiger partial charge in [-0.1, -0.05) is 20.8 Å². The number of benzene rings is 1. The van der Waals surface area contributed by atoms with E-state index in [9.17, 15) is 19.2 Å². The fourth-order valence-electron chi connectivity index (χ4n) is 4.58. The molecule has 1 aromatic carbocycles. The molecule has 3 amide bonds. The topological polar surface area (TPSA) is 102 Å². The van der Waals surface area contributed by atoms with Gasteiger partial charge in [-0.15, -0.1) is 0 Å². The molecule has 8 heteroatoms. The van der Waals surface area contributed by atoms with Crippen LogP contribution in [0.2, 0.25) is 0 Å². The molecule has 1 saturated carbocycles. The lowest BCUT2D eigenvalue weighted by atomic mass is 9.67. The Kier molecular flexibility index (Phi) is 6.62. The lowest BCUT2D eigenvalue weighted by Crippen LogP contribution is -2.50. The third-order valence-corrected chi connectivity index (χ3v) is 6.67. The normalized spacial score (nSPS) is 23.3. The molecule has 0 bridgehead atoms. The summed E-state index contributed by atoms with van der Waals surface area (Å²) in [7, 11) is 1.48. The SMILES string of the molecule is COc1ccc(C(C)=O)cc1COC(=O)CN1C(=O)NC2(CCC(C(C)(C)C)CC2)C1=O. The van der Waals surface area contributed by atoms with Crippen LogP contribution < -0.4 is 10.1 Å². The van der Waals surface area contributed by atoms with Crippen molar-refractivity contribution < 1.29 is 28.7 Å². The number of esters is 1. The number of hydrogen-bond donors (Lipinski definition) is 1. The third kappa shape index (κ3) is 4.79. The molecule has 1 heterocycles. The van der Waals surface area contributed by atoms with E-state index in [0.717, 1.165) is 17.7 Å². The van der Waals surface area contributed by atoms with Crippen LogP contribution in [0.15, 0.2) is 18.2 Å². The Morgan fingerprint density at radius 3 is 2.41 bits per heavy atom. The number of hydrogen-bond acceptors (Lipinski definition) is 6. The van der Waals surface area contributed by atoms with E-state index >= 15 is 0 Å². The van der Waals surface area contributed by atoms with Gasteiger partial charge in [-0.2, -0.15) is 0 Å². The molecule has 174 valence electrons. The first-order valence-corrected chi connectivity index (χ1v) is 10.9. The molecule has 2 fully saturated rings. The highest BCUT2D eigenvalue weighted by molar-refractivity contribution is 6.08. The van der Waals surface area contributed by atoms with Crippen LogP contribution in [0.1, 0.15) is 69.3 Å². The molecule has 1 N–H and O–H groups in total. The number of nitrogens with zero attached hydrogens (tertiary/aromatic N) is 1. The molecule has 1 aliphatic heterocycles. The van der Waals surface area contributed by atoms with E-state index in [-0.39, 0.29) is 23.7 Å². The first kappa shape index (κ1) is 23.8. The number of rotatable bonds is 6. The number of carbonyl (C=O) groups excluding carboxylic acids is 4. The number of nitrogens with one attached hydrogen (secondary N) is 1. The molecular formula is C24H32N2O6. The van der Waals surface area contributed by atoms with Crippen LogP contribution in [-0.2, 0) is 20.9 Å². The van der Waals surface area contributed by atoms with Crippen molar-refractivity contribution in [1.82, 2.24) is 10.2 Å². The summed E-state index contributed by atoms with van der Waals surface area (Å²) in [6.45, 7) is 7.42. The number of carbonyl (C=O) groups is 4. The molecule has 1 aliphatic carbocycles. The van der Waals surface area contributed by atoms with Gasteiger partial charge in [0.2, 0.25) is 0 Å². The summed E-state index contributed by atoms with van der Waals surface area (Å²) in [5, 5.41) is 2.83. The zero-order valence-electron chi connectivity index (χ0n) is 19.4. The van der Waals surface area contributed by atoms with Gasteiger partial charge in [-0.3, -0.25) is 19.3 Å². The molecule has 2 aliphatic rings. The highest BCUT2D eigenvalue weighted by Crippen LogP contribution is 2.43. The zero-order valence-corrected chi connectivity index (χ0v) is 19.4. The van der Waals surface area contributed by atoms with Gasteiger partial charge in [0, 0.05) is 11.1 Å². The Morgan fingerprint density at radius 1 is 1.19 bits per heavy atom. The molecule has 0 atom stereocenters. The van der Waals surface area contributed by atoms with E-state index in [4.69, 9.17) is 9.47 Å². The lowest BCUT2D eigenvalue weighted by Gasteiger charge is -2.40. The standard InChI is InChI=1S/C24H32N2O6/c1-15(27)16-6-7-19(31-5)17(12-16)14-32-20(28)13-26-21(29)24(25-22(26)30)10-8-18(9-11-24)23(2,3)4/h6-7,12,18H,8-11,13-14H2,1-5H3,(H,25,30). The highest BCUT2D eigenvalue weighted by Gasteiger charge is 2.53. The molecule has 1 spiro atoms. The fraction of sp³-hybridized carbons (Fsp3) is 0.583. The summed E-state index contributed by atoms with van der Waals surface area (Å²) in [6, 6.07) is 4.31. The van der Waals surface area contributed by atoms with Gasteiger partial charge in [0.15, 0.2) is 5.78 Å². The van der Waals surface area contributed by atoms with Crippen molar-refractivity contribution in [3.8, 4) is 5.75 Å². The molecule has 32 heavy (non-hydrogen) atoms. The van der Waals surface area contributed by atoms with E-state index in [2.05, 4.69) is 26.1 Å². The molecule has 1 saturated heterocycles. The van der Waals surface area contributed by atoms with Crippen LogP contribution in [0.5, 0.6) is 5.75 Å². The maximum atomic E-state index is 13.1. The van der Waals surface area contributed by atoms with Gasteiger partial charge in [0.1, 0.15) is 24.4 Å². The van der Waals surface area contributed by atoms with Crippen molar-refractivity contribution in [3.63, 3.8) is 0 Å². The van der Waals surface area contributed by atoms with Gasteiger partial charge >= 0.3 is 12.0 Å². The third-order valence-electron chi connectivity index (χ3n) is 6.67. The quantitative estimate of drug-likeness (QED) is 0.410. The second kappa shape index (κ2) is 8.92. The number of Topliss-reactive ketones (excluding diaryl/α,β-unsaturated/α-hetero) is 1. The van der Waals surface area contributed by atoms with Crippen LogP contribution in [0.4, 0.5) is 4.79 Å². The molecular weight excluding hydrogens is 412 g/mol. The molecule has 0 radical (unpaired) electrons. The monoisotopic (exact) mass is 444 g/mol. The van der Waals surface area contributed by atoms with Crippen molar-refractivity contribution in [3.05, 3.63) is 29.3 Å². The minimum absolute atomic E-state index is 0.119. The van der Waals surface area contributed by atoms with Crippen LogP contribution in [0.3, 0.4) is 0 Å². The maximum Gasteiger partial charge on any atom is 0.326 e. The summed E-state index contributed by atoms with van der Waals surface area (Å²) in [6.07, 6.45) is 2.83. The first-order chi connectivity index (χ1) is 15.0. The van der Waals surface area contributed by atoms with Gasteiger partial charge in [0.05, 0.1) is 7.11 Å². The van der Waals surface area contributed by atoms with E-state index in [1.54, 1.807) is 18.2 Å². The fourth-order valence-corrected chi connectivity index (χ4v) is 4.58. The highest BCUT2D eigenvalue weighted by atomic mass is 16.5. The number of imide groups is 1. The van der Waals surface area contributed by atoms with E-state index < -0.39 is 24.1 Å². The number of amides is 3. The number of methoxy groups -OCH3 is 1. The van der Waals surface area contributed by atoms with E-state index in [0.29, 0.717) is 35.6 Å². The summed E-state index contributed by atoms with van der Waals surface area (Å²) < 4.78 is 10.6. The van der Waals surface area contributed by atoms with E-state index in [1.807, 2.05) is 0 Å². The Labute approximate surface area is 188 Å². The van der Waals surface area contributed by atoms with Crippen molar-refractivity contribution in [2.75, 3.05) is 13.7 Å². The molecule has 3 rings (SSSR count). The lowest BCUT2D eigenvalue weighted by molar-refractivity contribution is -0.149. The number of urea groups is 1. The van der Waals surface area contributed by atoms with Gasteiger partial charge < -0.3 is 14.8 Å². The van der Waals surface area contributed by atoms with Crippen LogP contribution >= 0.6 is 0 Å². The summed E-state index contributed by atoms with van der Waals surface area (Å²) >= 11 is 0. The van der Waals surface area contributed by atoms with Crippen LogP contribution in [-0.4, -0.2) is 47.8 Å². The number of ether oxygens (including phenoxy) is 2. The summed E-state index contributed by atoms with van der Waals surface area (Å²) in [5.41, 5.74) is 0.233. The van der Waals surface area contributed by atoms with Crippen LogP contribution in [0, 0.1) is 11.3 Å². The largest absolute Gasteiger partial charge is 0.496 e. The van der Waals surface area contributed by atoms with Crippen molar-refractivity contribution in [1.29, 1.82) is 0 Å². The summed E-state index contributed by atoms with van der Waals surface area (Å²) in [5.74, 6) is -0.219. The second-order valence-corrected chi connectivity index (χ2v) is 9.79. The van der Waals surface area contributed by atoms with Gasteiger partial charge in [-0.05, 0) is 62.1 Å². The molecule has 0 aromatic heterocycles. The van der Waals surface area contributed by atoms with E-state index in [1.165, 1.54) is 14.0 Å². The van der Waals surface area contributed by atoms with Crippen molar-refractivity contribution in [2.45, 2.75) is 65.5 Å². The average molecular weight is 445 g/mol. The average Bonchev–Trinajstić information content (AvgIpc) is 2.95. The predicted molar refractivity (Wildman–Crippen MR) is 117 cm³/mol. The van der Waals surface area contributed by atoms with Crippen LogP contribution in [0.25, 0.3) is 0 Å². The second-order valence-electron chi connectivity index (χ2n) is 9.79. The Hall–Kier alpha value is -2.90. The molecule has 8 nitrogen and oxygen atoms in total. The Morgan fingerprint density at radius 2 is 1.84 bits per heavy atom. The number of ketones is 1. The molecule has 1 aromatic rings. The van der Waals surface area contributed by atoms with Crippen molar-refractivity contribution in [2.24, 2.45) is 11.3 Å². The predicted octanol–water partition coefficient (Wildman–Crippen LogP) is 3.47. The minimum Gasteiger partial charge on any atom is -0.496 e. The van der Waals surface area contributed by atoms with Gasteiger partial charge in [-0.25, -0.2) is 4.79 Å². The smallest absolute Gasteiger partial charge is 0.326 e. The first-order valence-electron chi connectivity index (χ1n) is 10.9. The Bertz CT molecular complexity index is 925. The maximum absolute atomic E-state index is 13.1. The molecule has 0 unspecified atom stereocenters. The zero-order chi connectivity index (χ0) is 23.7. The Balaban J connectivity index is 1.62. The minimum atomic E-state index is -0.918. The summed E-state index contributed by atoms with van der Waals surface area (Å²) in [4.78, 5) is 50.6. The van der Waals surface area contributed by atoms with Crippen molar-refractivity contribution >= 4 is 23.7 Å².